The van der Waals surface area contributed by atoms with Crippen molar-refractivity contribution in [2.75, 3.05) is 12.4 Å². The minimum absolute atomic E-state index is 0.285. The molecular weight excluding hydrogens is 191 g/mol. The summed E-state index contributed by atoms with van der Waals surface area (Å²) < 4.78 is 12.7. The molecule has 0 aliphatic carbocycles. The Kier molecular flexibility index (Phi) is 3.60. The molecule has 1 rings (SSSR count). The Bertz CT molecular complexity index is 306. The summed E-state index contributed by atoms with van der Waals surface area (Å²) in [6, 6.07) is 5.99. The zero-order chi connectivity index (χ0) is 9.68. The van der Waals surface area contributed by atoms with Crippen LogP contribution in [0.25, 0.3) is 0 Å². The summed E-state index contributed by atoms with van der Waals surface area (Å²) in [5.41, 5.74) is 2.99. The summed E-state index contributed by atoms with van der Waals surface area (Å²) >= 11 is 4.81. The van der Waals surface area contributed by atoms with Gasteiger partial charge in [0, 0.05) is 5.69 Å². The monoisotopic (exact) mass is 200 g/mol. The Morgan fingerprint density at radius 3 is 2.92 bits per heavy atom. The van der Waals surface area contributed by atoms with Gasteiger partial charge in [0.25, 0.3) is 0 Å². The fraction of sp³-hybridized carbons (Fsp3) is 0.125. The van der Waals surface area contributed by atoms with E-state index in [1.807, 2.05) is 0 Å². The molecule has 1 aromatic rings. The van der Waals surface area contributed by atoms with Gasteiger partial charge in [0.15, 0.2) is 5.11 Å². The zero-order valence-corrected chi connectivity index (χ0v) is 7.82. The lowest BCUT2D eigenvalue weighted by Gasteiger charge is -2.07. The Morgan fingerprint density at radius 1 is 1.54 bits per heavy atom. The number of halogens is 1. The largest absolute Gasteiger partial charge is 0.331 e. The Morgan fingerprint density at radius 2 is 2.31 bits per heavy atom. The lowest BCUT2D eigenvalue weighted by atomic mass is 10.3. The Labute approximate surface area is 80.9 Å². The fourth-order valence-electron chi connectivity index (χ4n) is 0.816. The van der Waals surface area contributed by atoms with Gasteiger partial charge in [-0.25, -0.2) is 9.87 Å². The van der Waals surface area contributed by atoms with Crippen molar-refractivity contribution < 1.29 is 9.23 Å². The lowest BCUT2D eigenvalue weighted by molar-refractivity contribution is 0.146. The predicted octanol–water partition coefficient (Wildman–Crippen LogP) is 1.67. The van der Waals surface area contributed by atoms with Crippen LogP contribution in [-0.2, 0) is 4.84 Å². The molecule has 0 fully saturated rings. The van der Waals surface area contributed by atoms with Crippen molar-refractivity contribution in [3.63, 3.8) is 0 Å². The summed E-state index contributed by atoms with van der Waals surface area (Å²) in [6.45, 7) is 0. The molecule has 0 aliphatic heterocycles. The Hall–Kier alpha value is -1.20. The van der Waals surface area contributed by atoms with Crippen LogP contribution >= 0.6 is 12.2 Å². The van der Waals surface area contributed by atoms with E-state index in [4.69, 9.17) is 12.2 Å². The van der Waals surface area contributed by atoms with Crippen molar-refractivity contribution in [1.29, 1.82) is 0 Å². The number of hydrogen-bond donors (Lipinski definition) is 2. The maximum atomic E-state index is 12.7. The molecule has 5 heteroatoms. The average molecular weight is 200 g/mol. The second-order valence-electron chi connectivity index (χ2n) is 2.27. The van der Waals surface area contributed by atoms with Gasteiger partial charge < -0.3 is 5.32 Å². The van der Waals surface area contributed by atoms with Gasteiger partial charge in [-0.1, -0.05) is 6.07 Å². The van der Waals surface area contributed by atoms with E-state index in [2.05, 4.69) is 15.6 Å². The molecule has 0 amide bonds. The van der Waals surface area contributed by atoms with Crippen LogP contribution in [0.15, 0.2) is 24.3 Å². The molecule has 0 aromatic heterocycles. The van der Waals surface area contributed by atoms with Gasteiger partial charge in [0.2, 0.25) is 0 Å². The number of hydrogen-bond acceptors (Lipinski definition) is 2. The molecule has 0 aliphatic rings. The lowest BCUT2D eigenvalue weighted by Crippen LogP contribution is -2.27. The van der Waals surface area contributed by atoms with E-state index in [9.17, 15) is 4.39 Å². The molecular formula is C8H9FN2OS. The highest BCUT2D eigenvalue weighted by Gasteiger charge is 1.96. The number of anilines is 1. The van der Waals surface area contributed by atoms with Gasteiger partial charge in [-0.2, -0.15) is 0 Å². The van der Waals surface area contributed by atoms with Crippen LogP contribution in [0.1, 0.15) is 0 Å². The molecule has 13 heavy (non-hydrogen) atoms. The number of rotatable bonds is 2. The summed E-state index contributed by atoms with van der Waals surface area (Å²) in [5.74, 6) is -0.315. The van der Waals surface area contributed by atoms with E-state index < -0.39 is 0 Å². The van der Waals surface area contributed by atoms with Gasteiger partial charge in [-0.05, 0) is 30.4 Å². The molecule has 0 spiro atoms. The first-order valence-electron chi connectivity index (χ1n) is 3.58. The van der Waals surface area contributed by atoms with E-state index in [0.29, 0.717) is 5.69 Å². The summed E-state index contributed by atoms with van der Waals surface area (Å²) in [5, 5.41) is 3.02. The first-order chi connectivity index (χ1) is 6.22. The third-order valence-corrected chi connectivity index (χ3v) is 1.46. The molecule has 2 N–H and O–H groups in total. The number of benzene rings is 1. The van der Waals surface area contributed by atoms with Crippen molar-refractivity contribution in [2.45, 2.75) is 0 Å². The van der Waals surface area contributed by atoms with Crippen molar-refractivity contribution in [3.8, 4) is 0 Å². The maximum absolute atomic E-state index is 12.7. The van der Waals surface area contributed by atoms with Gasteiger partial charge in [0.05, 0.1) is 7.11 Å². The van der Waals surface area contributed by atoms with Crippen LogP contribution in [-0.4, -0.2) is 12.2 Å². The number of thiocarbonyl (C=S) groups is 1. The second kappa shape index (κ2) is 4.74. The minimum atomic E-state index is -0.315. The highest BCUT2D eigenvalue weighted by molar-refractivity contribution is 7.80. The van der Waals surface area contributed by atoms with Gasteiger partial charge in [-0.3, -0.25) is 4.84 Å². The molecule has 0 heterocycles. The van der Waals surface area contributed by atoms with Crippen molar-refractivity contribution in [1.82, 2.24) is 5.48 Å². The third-order valence-electron chi connectivity index (χ3n) is 1.28. The fourth-order valence-corrected chi connectivity index (χ4v) is 1.02. The van der Waals surface area contributed by atoms with E-state index in [0.717, 1.165) is 0 Å². The Balaban J connectivity index is 2.58. The quantitative estimate of drug-likeness (QED) is 0.562. The van der Waals surface area contributed by atoms with E-state index in [1.165, 1.54) is 19.2 Å². The number of hydroxylamine groups is 1. The predicted molar refractivity (Wildman–Crippen MR) is 52.8 cm³/mol. The highest BCUT2D eigenvalue weighted by atomic mass is 32.1. The SMILES string of the molecule is CONC(=S)Nc1cccc(F)c1. The normalized spacial score (nSPS) is 9.38. The van der Waals surface area contributed by atoms with Crippen LogP contribution in [0.3, 0.4) is 0 Å². The molecule has 0 unspecified atom stereocenters. The summed E-state index contributed by atoms with van der Waals surface area (Å²) in [4.78, 5) is 4.56. The van der Waals surface area contributed by atoms with E-state index in [-0.39, 0.29) is 10.9 Å². The summed E-state index contributed by atoms with van der Waals surface area (Å²) in [6.07, 6.45) is 0. The molecule has 1 aromatic carbocycles. The first kappa shape index (κ1) is 9.88. The molecule has 0 bridgehead atoms. The van der Waals surface area contributed by atoms with Gasteiger partial charge in [0.1, 0.15) is 5.82 Å². The van der Waals surface area contributed by atoms with Gasteiger partial charge >= 0.3 is 0 Å². The number of nitrogens with one attached hydrogen (secondary N) is 2. The van der Waals surface area contributed by atoms with Crippen molar-refractivity contribution >= 4 is 23.0 Å². The molecule has 0 radical (unpaired) electrons. The van der Waals surface area contributed by atoms with Crippen LogP contribution in [0.5, 0.6) is 0 Å². The van der Waals surface area contributed by atoms with Gasteiger partial charge in [-0.15, -0.1) is 0 Å². The molecule has 3 nitrogen and oxygen atoms in total. The maximum Gasteiger partial charge on any atom is 0.195 e. The zero-order valence-electron chi connectivity index (χ0n) is 7.00. The van der Waals surface area contributed by atoms with E-state index in [1.54, 1.807) is 12.1 Å². The first-order valence-corrected chi connectivity index (χ1v) is 3.99. The molecule has 0 saturated heterocycles. The minimum Gasteiger partial charge on any atom is -0.331 e. The average Bonchev–Trinajstić information content (AvgIpc) is 2.04. The highest BCUT2D eigenvalue weighted by Crippen LogP contribution is 2.08. The van der Waals surface area contributed by atoms with Crippen LogP contribution < -0.4 is 10.8 Å². The molecule has 0 saturated carbocycles. The van der Waals surface area contributed by atoms with Crippen molar-refractivity contribution in [3.05, 3.63) is 30.1 Å². The molecule has 0 atom stereocenters. The van der Waals surface area contributed by atoms with E-state index >= 15 is 0 Å². The molecule has 70 valence electrons. The van der Waals surface area contributed by atoms with Crippen molar-refractivity contribution in [2.24, 2.45) is 0 Å². The van der Waals surface area contributed by atoms with Crippen LogP contribution in [0.4, 0.5) is 10.1 Å². The standard InChI is InChI=1S/C8H9FN2OS/c1-12-11-8(13)10-7-4-2-3-6(9)5-7/h2-5H,1H3,(H2,10,11,13). The summed E-state index contributed by atoms with van der Waals surface area (Å²) in [7, 11) is 1.44. The topological polar surface area (TPSA) is 33.3 Å². The van der Waals surface area contributed by atoms with Crippen LogP contribution in [0.2, 0.25) is 0 Å². The second-order valence-corrected chi connectivity index (χ2v) is 2.68. The third kappa shape index (κ3) is 3.35. The van der Waals surface area contributed by atoms with Crippen LogP contribution in [0, 0.1) is 5.82 Å². The smallest absolute Gasteiger partial charge is 0.195 e.